The highest BCUT2D eigenvalue weighted by atomic mass is 32.2. The van der Waals surface area contributed by atoms with Crippen LogP contribution >= 0.6 is 0 Å². The average molecular weight is 294 g/mol. The summed E-state index contributed by atoms with van der Waals surface area (Å²) in [5.41, 5.74) is 0. The second-order valence-electron chi connectivity index (χ2n) is 5.05. The highest BCUT2D eigenvalue weighted by Crippen LogP contribution is 2.17. The van der Waals surface area contributed by atoms with Crippen LogP contribution in [0.5, 0.6) is 0 Å². The van der Waals surface area contributed by atoms with Crippen LogP contribution in [0.1, 0.15) is 52.9 Å². The minimum absolute atomic E-state index is 0.141. The van der Waals surface area contributed by atoms with Crippen molar-refractivity contribution in [3.63, 3.8) is 0 Å². The summed E-state index contributed by atoms with van der Waals surface area (Å²) < 4.78 is 28.0. The molecule has 0 aromatic heterocycles. The summed E-state index contributed by atoms with van der Waals surface area (Å²) in [6.45, 7) is 5.89. The molecule has 19 heavy (non-hydrogen) atoms. The Morgan fingerprint density at radius 2 is 1.84 bits per heavy atom. The molecule has 0 aliphatic rings. The van der Waals surface area contributed by atoms with Gasteiger partial charge in [-0.1, -0.05) is 19.8 Å². The van der Waals surface area contributed by atoms with E-state index in [-0.39, 0.29) is 18.4 Å². The van der Waals surface area contributed by atoms with Crippen molar-refractivity contribution in [2.75, 3.05) is 6.54 Å². The molecule has 0 rings (SSSR count). The number of hydrogen-bond donors (Lipinski definition) is 3. The van der Waals surface area contributed by atoms with E-state index in [1.807, 2.05) is 6.92 Å². The van der Waals surface area contributed by atoms with E-state index in [0.717, 1.165) is 12.8 Å². The van der Waals surface area contributed by atoms with E-state index in [1.165, 1.54) is 0 Å². The number of carbonyl (C=O) groups is 1. The Morgan fingerprint density at radius 1 is 1.21 bits per heavy atom. The molecule has 0 saturated carbocycles. The third kappa shape index (κ3) is 10.9. The van der Waals surface area contributed by atoms with Crippen LogP contribution in [0.25, 0.3) is 0 Å². The zero-order valence-corrected chi connectivity index (χ0v) is 12.8. The number of aliphatic carboxylic acids is 1. The zero-order valence-electron chi connectivity index (χ0n) is 12.0. The SMILES string of the molecule is CCCC(CCNS(=O)(=O)NC(C)C)CCC(=O)O. The van der Waals surface area contributed by atoms with Crippen molar-refractivity contribution in [1.29, 1.82) is 0 Å². The molecule has 6 nitrogen and oxygen atoms in total. The Labute approximate surface area is 116 Å². The van der Waals surface area contributed by atoms with Crippen molar-refractivity contribution in [3.05, 3.63) is 0 Å². The van der Waals surface area contributed by atoms with Gasteiger partial charge in [0.15, 0.2) is 0 Å². The van der Waals surface area contributed by atoms with Crippen LogP contribution in [0.4, 0.5) is 0 Å². The van der Waals surface area contributed by atoms with Gasteiger partial charge in [0.05, 0.1) is 0 Å². The van der Waals surface area contributed by atoms with Gasteiger partial charge in [-0.15, -0.1) is 0 Å². The van der Waals surface area contributed by atoms with E-state index >= 15 is 0 Å². The molecule has 0 fully saturated rings. The van der Waals surface area contributed by atoms with E-state index in [1.54, 1.807) is 13.8 Å². The summed E-state index contributed by atoms with van der Waals surface area (Å²) in [6.07, 6.45) is 3.30. The number of carboxylic acid groups (broad SMARTS) is 1. The van der Waals surface area contributed by atoms with E-state index in [0.29, 0.717) is 19.4 Å². The number of carboxylic acids is 1. The molecule has 0 aromatic carbocycles. The molecule has 0 amide bonds. The molecular formula is C12H26N2O4S. The summed E-state index contributed by atoms with van der Waals surface area (Å²) in [4.78, 5) is 10.5. The van der Waals surface area contributed by atoms with Gasteiger partial charge in [0, 0.05) is 19.0 Å². The monoisotopic (exact) mass is 294 g/mol. The quantitative estimate of drug-likeness (QED) is 0.538. The zero-order chi connectivity index (χ0) is 14.9. The van der Waals surface area contributed by atoms with E-state index in [4.69, 9.17) is 5.11 Å². The van der Waals surface area contributed by atoms with Gasteiger partial charge in [-0.3, -0.25) is 4.79 Å². The molecule has 0 spiro atoms. The molecule has 0 aliphatic heterocycles. The average Bonchev–Trinajstić information content (AvgIpc) is 2.23. The van der Waals surface area contributed by atoms with Crippen molar-refractivity contribution in [1.82, 2.24) is 9.44 Å². The van der Waals surface area contributed by atoms with Crippen molar-refractivity contribution < 1.29 is 18.3 Å². The predicted octanol–water partition coefficient (Wildman–Crippen LogP) is 1.49. The van der Waals surface area contributed by atoms with E-state index < -0.39 is 16.2 Å². The third-order valence-electron chi connectivity index (χ3n) is 2.70. The Hall–Kier alpha value is -0.660. The normalized spacial score (nSPS) is 13.7. The highest BCUT2D eigenvalue weighted by molar-refractivity contribution is 7.87. The lowest BCUT2D eigenvalue weighted by molar-refractivity contribution is -0.137. The first kappa shape index (κ1) is 18.3. The standard InChI is InChI=1S/C12H26N2O4S/c1-4-5-11(6-7-12(15)16)8-9-13-19(17,18)14-10(2)3/h10-11,13-14H,4-9H2,1-3H3,(H,15,16). The molecule has 0 aliphatic carbocycles. The van der Waals surface area contributed by atoms with Crippen LogP contribution < -0.4 is 9.44 Å². The van der Waals surface area contributed by atoms with Crippen LogP contribution in [0, 0.1) is 5.92 Å². The lowest BCUT2D eigenvalue weighted by Crippen LogP contribution is -2.41. The van der Waals surface area contributed by atoms with Gasteiger partial charge < -0.3 is 5.11 Å². The highest BCUT2D eigenvalue weighted by Gasteiger charge is 2.14. The maximum Gasteiger partial charge on any atom is 0.303 e. The van der Waals surface area contributed by atoms with Crippen molar-refractivity contribution >= 4 is 16.2 Å². The Morgan fingerprint density at radius 3 is 2.32 bits per heavy atom. The Kier molecular flexibility index (Phi) is 8.95. The topological polar surface area (TPSA) is 95.5 Å². The summed E-state index contributed by atoms with van der Waals surface area (Å²) in [7, 11) is -3.44. The molecule has 114 valence electrons. The molecule has 3 N–H and O–H groups in total. The van der Waals surface area contributed by atoms with Crippen LogP contribution in [-0.2, 0) is 15.0 Å². The van der Waals surface area contributed by atoms with Crippen LogP contribution in [0.3, 0.4) is 0 Å². The number of hydrogen-bond acceptors (Lipinski definition) is 3. The third-order valence-corrected chi connectivity index (χ3v) is 4.06. The van der Waals surface area contributed by atoms with Gasteiger partial charge >= 0.3 is 5.97 Å². The second kappa shape index (κ2) is 9.28. The van der Waals surface area contributed by atoms with E-state index in [2.05, 4.69) is 9.44 Å². The van der Waals surface area contributed by atoms with E-state index in [9.17, 15) is 13.2 Å². The molecular weight excluding hydrogens is 268 g/mol. The van der Waals surface area contributed by atoms with Crippen LogP contribution in [0.2, 0.25) is 0 Å². The predicted molar refractivity (Wildman–Crippen MR) is 75.1 cm³/mol. The Balaban J connectivity index is 4.07. The summed E-state index contributed by atoms with van der Waals surface area (Å²) in [6, 6.07) is -0.143. The van der Waals surface area contributed by atoms with Crippen LogP contribution in [-0.4, -0.2) is 32.1 Å². The fourth-order valence-electron chi connectivity index (χ4n) is 1.92. The lowest BCUT2D eigenvalue weighted by atomic mass is 9.95. The van der Waals surface area contributed by atoms with Crippen LogP contribution in [0.15, 0.2) is 0 Å². The lowest BCUT2D eigenvalue weighted by Gasteiger charge is -2.16. The van der Waals surface area contributed by atoms with Gasteiger partial charge in [0.1, 0.15) is 0 Å². The molecule has 1 unspecified atom stereocenters. The first-order chi connectivity index (χ1) is 8.76. The molecule has 0 heterocycles. The molecule has 0 saturated heterocycles. The largest absolute Gasteiger partial charge is 0.481 e. The van der Waals surface area contributed by atoms with Gasteiger partial charge in [-0.2, -0.15) is 13.1 Å². The Bertz CT molecular complexity index is 355. The van der Waals surface area contributed by atoms with Gasteiger partial charge in [-0.05, 0) is 32.6 Å². The number of rotatable bonds is 11. The minimum Gasteiger partial charge on any atom is -0.481 e. The number of nitrogens with one attached hydrogen (secondary N) is 2. The van der Waals surface area contributed by atoms with Crippen molar-refractivity contribution in [2.45, 2.75) is 58.9 Å². The molecule has 0 radical (unpaired) electrons. The van der Waals surface area contributed by atoms with Gasteiger partial charge in [-0.25, -0.2) is 4.72 Å². The fourth-order valence-corrected chi connectivity index (χ4v) is 3.01. The minimum atomic E-state index is -3.44. The van der Waals surface area contributed by atoms with Crippen molar-refractivity contribution in [3.8, 4) is 0 Å². The summed E-state index contributed by atoms with van der Waals surface area (Å²) in [5, 5.41) is 8.66. The summed E-state index contributed by atoms with van der Waals surface area (Å²) >= 11 is 0. The fraction of sp³-hybridized carbons (Fsp3) is 0.917. The molecule has 0 aromatic rings. The van der Waals surface area contributed by atoms with Gasteiger partial charge in [0.2, 0.25) is 0 Å². The molecule has 7 heteroatoms. The second-order valence-corrected chi connectivity index (χ2v) is 6.58. The van der Waals surface area contributed by atoms with Gasteiger partial charge in [0.25, 0.3) is 10.2 Å². The summed E-state index contributed by atoms with van der Waals surface area (Å²) in [5.74, 6) is -0.550. The molecule has 0 bridgehead atoms. The first-order valence-corrected chi connectivity index (χ1v) is 8.23. The maximum atomic E-state index is 11.5. The maximum absolute atomic E-state index is 11.5. The molecule has 1 atom stereocenters. The smallest absolute Gasteiger partial charge is 0.303 e. The first-order valence-electron chi connectivity index (χ1n) is 6.75. The van der Waals surface area contributed by atoms with Crippen molar-refractivity contribution in [2.24, 2.45) is 5.92 Å².